The van der Waals surface area contributed by atoms with Crippen molar-refractivity contribution in [3.8, 4) is 0 Å². The molecule has 1 aromatic heterocycles. The highest BCUT2D eigenvalue weighted by molar-refractivity contribution is 7.99. The largest absolute Gasteiger partial charge is 0.313 e. The Balaban J connectivity index is 2.50. The third-order valence-corrected chi connectivity index (χ3v) is 4.16. The summed E-state index contributed by atoms with van der Waals surface area (Å²) in [5.41, 5.74) is 1.18. The number of likely N-dealkylation sites (N-methyl/N-ethyl adjacent to an activating group) is 1. The SMILES string of the molecule is CCCSCC(Cc1ccncc1Cl)NCC. The number of nitrogens with one attached hydrogen (secondary N) is 1. The van der Waals surface area contributed by atoms with E-state index in [0.717, 1.165) is 23.7 Å². The number of rotatable bonds is 8. The van der Waals surface area contributed by atoms with Gasteiger partial charge in [0, 0.05) is 24.2 Å². The third kappa shape index (κ3) is 5.75. The maximum absolute atomic E-state index is 6.13. The zero-order valence-electron chi connectivity index (χ0n) is 10.6. The molecule has 0 aliphatic carbocycles. The Morgan fingerprint density at radius 2 is 2.29 bits per heavy atom. The van der Waals surface area contributed by atoms with E-state index in [1.54, 1.807) is 6.20 Å². The molecular formula is C13H21ClN2S. The Bertz CT molecular complexity index is 320. The molecule has 17 heavy (non-hydrogen) atoms. The van der Waals surface area contributed by atoms with Gasteiger partial charge in [0.25, 0.3) is 0 Å². The fraction of sp³-hybridized carbons (Fsp3) is 0.615. The van der Waals surface area contributed by atoms with Gasteiger partial charge in [-0.05, 0) is 36.8 Å². The van der Waals surface area contributed by atoms with Crippen molar-refractivity contribution in [3.05, 3.63) is 29.0 Å². The van der Waals surface area contributed by atoms with Gasteiger partial charge in [-0.2, -0.15) is 11.8 Å². The fourth-order valence-electron chi connectivity index (χ4n) is 1.68. The minimum atomic E-state index is 0.497. The van der Waals surface area contributed by atoms with Gasteiger partial charge in [0.15, 0.2) is 0 Å². The minimum Gasteiger partial charge on any atom is -0.313 e. The van der Waals surface area contributed by atoms with Crippen LogP contribution in [0.1, 0.15) is 25.8 Å². The zero-order valence-corrected chi connectivity index (χ0v) is 12.2. The average Bonchev–Trinajstić information content (AvgIpc) is 2.32. The molecule has 0 radical (unpaired) electrons. The summed E-state index contributed by atoms with van der Waals surface area (Å²) in [7, 11) is 0. The second-order valence-corrected chi connectivity index (χ2v) is 5.56. The Morgan fingerprint density at radius 3 is 2.94 bits per heavy atom. The number of hydrogen-bond acceptors (Lipinski definition) is 3. The molecule has 0 saturated heterocycles. The number of thioether (sulfide) groups is 1. The van der Waals surface area contributed by atoms with Crippen molar-refractivity contribution in [3.63, 3.8) is 0 Å². The number of nitrogens with zero attached hydrogens (tertiary/aromatic N) is 1. The lowest BCUT2D eigenvalue weighted by molar-refractivity contribution is 0.572. The van der Waals surface area contributed by atoms with Gasteiger partial charge in [0.05, 0.1) is 5.02 Å². The first-order valence-corrected chi connectivity index (χ1v) is 7.70. The molecule has 0 amide bonds. The maximum Gasteiger partial charge on any atom is 0.0621 e. The highest BCUT2D eigenvalue weighted by Gasteiger charge is 2.10. The molecule has 0 spiro atoms. The molecule has 1 heterocycles. The van der Waals surface area contributed by atoms with E-state index in [2.05, 4.69) is 24.1 Å². The first kappa shape index (κ1) is 14.8. The Hall–Kier alpha value is -0.250. The van der Waals surface area contributed by atoms with Crippen LogP contribution >= 0.6 is 23.4 Å². The monoisotopic (exact) mass is 272 g/mol. The fourth-order valence-corrected chi connectivity index (χ4v) is 2.86. The van der Waals surface area contributed by atoms with E-state index in [-0.39, 0.29) is 0 Å². The van der Waals surface area contributed by atoms with Gasteiger partial charge in [0.1, 0.15) is 0 Å². The zero-order chi connectivity index (χ0) is 12.5. The molecule has 1 aromatic rings. The van der Waals surface area contributed by atoms with E-state index in [4.69, 9.17) is 11.6 Å². The molecule has 4 heteroatoms. The van der Waals surface area contributed by atoms with Gasteiger partial charge in [-0.25, -0.2) is 0 Å². The number of hydrogen-bond donors (Lipinski definition) is 1. The van der Waals surface area contributed by atoms with Crippen LogP contribution in [0.5, 0.6) is 0 Å². The predicted octanol–water partition coefficient (Wildman–Crippen LogP) is 3.40. The second-order valence-electron chi connectivity index (χ2n) is 4.00. The van der Waals surface area contributed by atoms with E-state index in [1.807, 2.05) is 24.0 Å². The van der Waals surface area contributed by atoms with E-state index < -0.39 is 0 Å². The lowest BCUT2D eigenvalue weighted by atomic mass is 10.1. The van der Waals surface area contributed by atoms with Crippen LogP contribution in [0.25, 0.3) is 0 Å². The summed E-state index contributed by atoms with van der Waals surface area (Å²) >= 11 is 8.14. The van der Waals surface area contributed by atoms with Gasteiger partial charge in [-0.1, -0.05) is 25.4 Å². The van der Waals surface area contributed by atoms with Crippen molar-refractivity contribution in [2.75, 3.05) is 18.1 Å². The number of aromatic nitrogens is 1. The lowest BCUT2D eigenvalue weighted by Gasteiger charge is -2.18. The number of pyridine rings is 1. The summed E-state index contributed by atoms with van der Waals surface area (Å²) in [6.07, 6.45) is 5.74. The second kappa shape index (κ2) is 8.78. The molecule has 1 N–H and O–H groups in total. The van der Waals surface area contributed by atoms with Crippen molar-refractivity contribution in [2.24, 2.45) is 0 Å². The summed E-state index contributed by atoms with van der Waals surface area (Å²) < 4.78 is 0. The summed E-state index contributed by atoms with van der Waals surface area (Å²) in [5.74, 6) is 2.37. The molecule has 0 saturated carbocycles. The van der Waals surface area contributed by atoms with Crippen molar-refractivity contribution in [1.29, 1.82) is 0 Å². The number of halogens is 1. The molecule has 1 unspecified atom stereocenters. The summed E-state index contributed by atoms with van der Waals surface area (Å²) in [4.78, 5) is 4.02. The molecule has 1 rings (SSSR count). The molecular weight excluding hydrogens is 252 g/mol. The summed E-state index contributed by atoms with van der Waals surface area (Å²) in [6.45, 7) is 5.36. The summed E-state index contributed by atoms with van der Waals surface area (Å²) in [6, 6.07) is 2.51. The van der Waals surface area contributed by atoms with Crippen LogP contribution in [-0.4, -0.2) is 29.1 Å². The highest BCUT2D eigenvalue weighted by Crippen LogP contribution is 2.17. The topological polar surface area (TPSA) is 24.9 Å². The van der Waals surface area contributed by atoms with Crippen LogP contribution in [0.2, 0.25) is 5.02 Å². The standard InChI is InChI=1S/C13H21ClN2S/c1-3-7-17-10-12(16-4-2)8-11-5-6-15-9-13(11)14/h5-6,9,12,16H,3-4,7-8,10H2,1-2H3. The van der Waals surface area contributed by atoms with Gasteiger partial charge < -0.3 is 5.32 Å². The highest BCUT2D eigenvalue weighted by atomic mass is 35.5. The van der Waals surface area contributed by atoms with E-state index >= 15 is 0 Å². The predicted molar refractivity (Wildman–Crippen MR) is 78.0 cm³/mol. The van der Waals surface area contributed by atoms with Crippen LogP contribution in [-0.2, 0) is 6.42 Å². The third-order valence-electron chi connectivity index (χ3n) is 2.48. The Labute approximate surface area is 114 Å². The molecule has 0 fully saturated rings. The first-order valence-electron chi connectivity index (χ1n) is 6.17. The molecule has 1 atom stereocenters. The maximum atomic E-state index is 6.13. The van der Waals surface area contributed by atoms with Crippen LogP contribution in [0.3, 0.4) is 0 Å². The Kier molecular flexibility index (Phi) is 7.65. The van der Waals surface area contributed by atoms with Crippen molar-refractivity contribution < 1.29 is 0 Å². The van der Waals surface area contributed by atoms with Crippen molar-refractivity contribution in [1.82, 2.24) is 10.3 Å². The lowest BCUT2D eigenvalue weighted by Crippen LogP contribution is -2.33. The van der Waals surface area contributed by atoms with Crippen LogP contribution in [0, 0.1) is 0 Å². The Morgan fingerprint density at radius 1 is 1.47 bits per heavy atom. The van der Waals surface area contributed by atoms with Crippen LogP contribution in [0.4, 0.5) is 0 Å². The van der Waals surface area contributed by atoms with Crippen LogP contribution in [0.15, 0.2) is 18.5 Å². The average molecular weight is 273 g/mol. The van der Waals surface area contributed by atoms with Gasteiger partial charge in [-0.3, -0.25) is 4.98 Å². The van der Waals surface area contributed by atoms with Crippen molar-refractivity contribution >= 4 is 23.4 Å². The van der Waals surface area contributed by atoms with Gasteiger partial charge >= 0.3 is 0 Å². The smallest absolute Gasteiger partial charge is 0.0621 e. The molecule has 0 aromatic carbocycles. The van der Waals surface area contributed by atoms with E-state index in [0.29, 0.717) is 6.04 Å². The van der Waals surface area contributed by atoms with Gasteiger partial charge in [-0.15, -0.1) is 0 Å². The van der Waals surface area contributed by atoms with Gasteiger partial charge in [0.2, 0.25) is 0 Å². The molecule has 2 nitrogen and oxygen atoms in total. The molecule has 0 aliphatic rings. The summed E-state index contributed by atoms with van der Waals surface area (Å²) in [5, 5.41) is 4.29. The molecule has 96 valence electrons. The van der Waals surface area contributed by atoms with E-state index in [9.17, 15) is 0 Å². The quantitative estimate of drug-likeness (QED) is 0.735. The van der Waals surface area contributed by atoms with Crippen molar-refractivity contribution in [2.45, 2.75) is 32.7 Å². The van der Waals surface area contributed by atoms with Crippen LogP contribution < -0.4 is 5.32 Å². The normalized spacial score (nSPS) is 12.6. The molecule has 0 bridgehead atoms. The first-order chi connectivity index (χ1) is 8.27. The molecule has 0 aliphatic heterocycles. The van der Waals surface area contributed by atoms with E-state index in [1.165, 1.54) is 17.7 Å². The minimum absolute atomic E-state index is 0.497.